The number of carbonyl (C=O) groups excluding carboxylic acids is 3. The topological polar surface area (TPSA) is 146 Å². The molecule has 2 fully saturated rings. The molecule has 0 radical (unpaired) electrons. The number of alkyl halides is 3. The van der Waals surface area contributed by atoms with Crippen LogP contribution in [0.3, 0.4) is 0 Å². The zero-order chi connectivity index (χ0) is 33.5. The molecule has 0 aromatic heterocycles. The minimum Gasteiger partial charge on any atom is -0.427 e. The zero-order valence-corrected chi connectivity index (χ0v) is 26.2. The van der Waals surface area contributed by atoms with Crippen LogP contribution in [-0.4, -0.2) is 60.9 Å². The van der Waals surface area contributed by atoms with Gasteiger partial charge in [-0.25, -0.2) is 4.79 Å². The number of esters is 1. The van der Waals surface area contributed by atoms with Crippen LogP contribution in [0, 0.1) is 6.92 Å². The van der Waals surface area contributed by atoms with Crippen molar-refractivity contribution in [2.45, 2.75) is 88.2 Å². The first-order valence-electron chi connectivity index (χ1n) is 15.5. The minimum atomic E-state index is -4.52. The van der Waals surface area contributed by atoms with Crippen molar-refractivity contribution in [1.82, 2.24) is 10.2 Å². The lowest BCUT2D eigenvalue weighted by Crippen LogP contribution is -2.65. The van der Waals surface area contributed by atoms with Gasteiger partial charge in [-0.2, -0.15) is 13.2 Å². The van der Waals surface area contributed by atoms with Gasteiger partial charge in [0, 0.05) is 13.0 Å². The molecule has 46 heavy (non-hydrogen) atoms. The van der Waals surface area contributed by atoms with E-state index in [4.69, 9.17) is 25.7 Å². The van der Waals surface area contributed by atoms with Gasteiger partial charge in [0.1, 0.15) is 6.04 Å². The lowest BCUT2D eigenvalue weighted by Gasteiger charge is -2.52. The Hall–Kier alpha value is -3.68. The maximum absolute atomic E-state index is 13.9. The number of carbonyl (C=O) groups is 3. The lowest BCUT2D eigenvalue weighted by atomic mass is 9.74. The number of hydrogen-bond acceptors (Lipinski definition) is 8. The Morgan fingerprint density at radius 1 is 1.07 bits per heavy atom. The summed E-state index contributed by atoms with van der Waals surface area (Å²) in [6.07, 6.45) is -2.67. The number of halogens is 3. The van der Waals surface area contributed by atoms with Crippen LogP contribution in [0.1, 0.15) is 80.2 Å². The number of piperidine rings is 1. The molecule has 1 unspecified atom stereocenters. The molecular weight excluding hydrogens is 605 g/mol. The number of hydrogen-bond donors (Lipinski definition) is 3. The van der Waals surface area contributed by atoms with Crippen molar-refractivity contribution < 1.29 is 41.8 Å². The standard InChI is InChI=1S/C33H43F3N4O6/c1-22-16-24(18-26(17-22)33(34,35)36)23(2)44-20-32(25-8-4-3-5-9-25)14-13-31(12-11-28(41)39-31)19-40(32)30(43)46-21-45-29(42)27(38)10-6-7-15-37/h3-5,8-9,16-18,23,27H,6-7,10-15,19-21,37-38H2,1-2H3,(H,39,41)/t23-,27?,31-,32-/m1/s1. The number of rotatable bonds is 12. The van der Waals surface area contributed by atoms with Gasteiger partial charge in [-0.15, -0.1) is 0 Å². The van der Waals surface area contributed by atoms with Crippen molar-refractivity contribution in [3.8, 4) is 0 Å². The van der Waals surface area contributed by atoms with Crippen LogP contribution in [-0.2, 0) is 35.5 Å². The fourth-order valence-corrected chi connectivity index (χ4v) is 6.23. The first-order valence-corrected chi connectivity index (χ1v) is 15.5. The summed E-state index contributed by atoms with van der Waals surface area (Å²) in [5.41, 5.74) is 10.3. The predicted molar refractivity (Wildman–Crippen MR) is 163 cm³/mol. The highest BCUT2D eigenvalue weighted by Crippen LogP contribution is 2.45. The van der Waals surface area contributed by atoms with Gasteiger partial charge in [0.15, 0.2) is 0 Å². The number of unbranched alkanes of at least 4 members (excludes halogenated alkanes) is 1. The number of ether oxygens (including phenoxy) is 3. The Balaban J connectivity index is 1.59. The van der Waals surface area contributed by atoms with Crippen LogP contribution in [0.15, 0.2) is 48.5 Å². The van der Waals surface area contributed by atoms with Gasteiger partial charge in [0.2, 0.25) is 12.7 Å². The Kier molecular flexibility index (Phi) is 11.3. The number of nitrogens with one attached hydrogen (secondary N) is 1. The number of nitrogens with zero attached hydrogens (tertiary/aromatic N) is 1. The van der Waals surface area contributed by atoms with E-state index >= 15 is 0 Å². The molecule has 4 rings (SSSR count). The molecule has 5 N–H and O–H groups in total. The first-order chi connectivity index (χ1) is 21.8. The highest BCUT2D eigenvalue weighted by Gasteiger charge is 2.54. The fraction of sp³-hybridized carbons (Fsp3) is 0.545. The van der Waals surface area contributed by atoms with Crippen LogP contribution in [0.25, 0.3) is 0 Å². The minimum absolute atomic E-state index is 0.0828. The molecule has 2 aromatic rings. The van der Waals surface area contributed by atoms with E-state index < -0.39 is 53.8 Å². The summed E-state index contributed by atoms with van der Waals surface area (Å²) in [6.45, 7) is 3.04. The molecule has 2 saturated heterocycles. The summed E-state index contributed by atoms with van der Waals surface area (Å²) in [4.78, 5) is 40.0. The number of likely N-dealkylation sites (tertiary alicyclic amines) is 1. The second kappa shape index (κ2) is 14.8. The molecule has 2 aliphatic heterocycles. The SMILES string of the molecule is Cc1cc([C@@H](C)OC[C@@]2(c3ccccc3)CC[C@]3(CCC(=O)N3)CN2C(=O)OCOC(=O)C(N)CCCCN)cc(C(F)(F)F)c1. The first kappa shape index (κ1) is 35.2. The van der Waals surface area contributed by atoms with E-state index in [2.05, 4.69) is 5.32 Å². The molecular formula is C33H43F3N4O6. The average molecular weight is 649 g/mol. The molecule has 10 nitrogen and oxygen atoms in total. The molecule has 252 valence electrons. The van der Waals surface area contributed by atoms with E-state index in [1.807, 2.05) is 30.3 Å². The smallest absolute Gasteiger partial charge is 0.416 e. The molecule has 2 aromatic carbocycles. The highest BCUT2D eigenvalue weighted by molar-refractivity contribution is 5.80. The Morgan fingerprint density at radius 3 is 2.46 bits per heavy atom. The van der Waals surface area contributed by atoms with Crippen molar-refractivity contribution in [3.05, 3.63) is 70.8 Å². The van der Waals surface area contributed by atoms with E-state index in [0.717, 1.165) is 17.7 Å². The van der Waals surface area contributed by atoms with Gasteiger partial charge in [0.25, 0.3) is 0 Å². The van der Waals surface area contributed by atoms with Crippen LogP contribution in [0.4, 0.5) is 18.0 Å². The molecule has 4 atom stereocenters. The number of nitrogens with two attached hydrogens (primary N) is 2. The van der Waals surface area contributed by atoms with E-state index in [-0.39, 0.29) is 19.1 Å². The summed E-state index contributed by atoms with van der Waals surface area (Å²) in [5, 5.41) is 3.03. The summed E-state index contributed by atoms with van der Waals surface area (Å²) >= 11 is 0. The average Bonchev–Trinajstić information content (AvgIpc) is 3.39. The Bertz CT molecular complexity index is 1380. The van der Waals surface area contributed by atoms with Crippen molar-refractivity contribution in [2.75, 3.05) is 26.5 Å². The van der Waals surface area contributed by atoms with E-state index in [1.165, 1.54) is 4.90 Å². The maximum Gasteiger partial charge on any atom is 0.416 e. The summed E-state index contributed by atoms with van der Waals surface area (Å²) < 4.78 is 57.7. The third-order valence-electron chi connectivity index (χ3n) is 8.89. The number of amides is 2. The van der Waals surface area contributed by atoms with E-state index in [0.29, 0.717) is 62.6 Å². The van der Waals surface area contributed by atoms with Gasteiger partial charge in [-0.1, -0.05) is 48.4 Å². The van der Waals surface area contributed by atoms with Gasteiger partial charge in [-0.05, 0) is 75.8 Å². The molecule has 0 aliphatic carbocycles. The second-order valence-electron chi connectivity index (χ2n) is 12.3. The number of aryl methyl sites for hydroxylation is 1. The molecule has 2 heterocycles. The third kappa shape index (κ3) is 8.37. The number of benzene rings is 2. The fourth-order valence-electron chi connectivity index (χ4n) is 6.23. The van der Waals surface area contributed by atoms with Gasteiger partial charge >= 0.3 is 18.2 Å². The van der Waals surface area contributed by atoms with Crippen molar-refractivity contribution in [1.29, 1.82) is 0 Å². The van der Waals surface area contributed by atoms with Crippen molar-refractivity contribution >= 4 is 18.0 Å². The predicted octanol–water partition coefficient (Wildman–Crippen LogP) is 4.83. The van der Waals surface area contributed by atoms with Crippen molar-refractivity contribution in [3.63, 3.8) is 0 Å². The van der Waals surface area contributed by atoms with Gasteiger partial charge in [-0.3, -0.25) is 14.5 Å². The van der Waals surface area contributed by atoms with Crippen LogP contribution >= 0.6 is 0 Å². The Morgan fingerprint density at radius 2 is 1.80 bits per heavy atom. The monoisotopic (exact) mass is 648 g/mol. The Labute approximate surface area is 266 Å². The van der Waals surface area contributed by atoms with Gasteiger partial charge in [0.05, 0.1) is 29.4 Å². The maximum atomic E-state index is 13.9. The van der Waals surface area contributed by atoms with E-state index in [9.17, 15) is 27.6 Å². The van der Waals surface area contributed by atoms with E-state index in [1.54, 1.807) is 19.9 Å². The molecule has 1 spiro atoms. The van der Waals surface area contributed by atoms with Crippen LogP contribution < -0.4 is 16.8 Å². The highest BCUT2D eigenvalue weighted by atomic mass is 19.4. The molecule has 2 aliphatic rings. The van der Waals surface area contributed by atoms with Crippen LogP contribution in [0.2, 0.25) is 0 Å². The largest absolute Gasteiger partial charge is 0.427 e. The van der Waals surface area contributed by atoms with Crippen LogP contribution in [0.5, 0.6) is 0 Å². The normalized spacial score (nSPS) is 22.8. The summed E-state index contributed by atoms with van der Waals surface area (Å²) in [7, 11) is 0. The van der Waals surface area contributed by atoms with Gasteiger partial charge < -0.3 is 31.0 Å². The zero-order valence-electron chi connectivity index (χ0n) is 26.2. The molecule has 13 heteroatoms. The van der Waals surface area contributed by atoms with Crippen molar-refractivity contribution in [2.24, 2.45) is 11.5 Å². The molecule has 2 amide bonds. The molecule has 0 bridgehead atoms. The second-order valence-corrected chi connectivity index (χ2v) is 12.3. The quantitative estimate of drug-likeness (QED) is 0.169. The molecule has 0 saturated carbocycles. The third-order valence-corrected chi connectivity index (χ3v) is 8.89. The summed E-state index contributed by atoms with van der Waals surface area (Å²) in [6, 6.07) is 12.0. The lowest BCUT2D eigenvalue weighted by molar-refractivity contribution is -0.155. The summed E-state index contributed by atoms with van der Waals surface area (Å²) in [5.74, 6) is -0.839.